The molecule has 0 N–H and O–H groups in total. The lowest BCUT2D eigenvalue weighted by Gasteiger charge is -2.25. The molecule has 1 aromatic heterocycles. The molecule has 1 unspecified atom stereocenters. The number of hydrogen-bond acceptors (Lipinski definition) is 5. The summed E-state index contributed by atoms with van der Waals surface area (Å²) < 4.78 is 25.0. The van der Waals surface area contributed by atoms with E-state index < -0.39 is 6.04 Å². The van der Waals surface area contributed by atoms with Gasteiger partial charge in [0.15, 0.2) is 5.43 Å². The van der Waals surface area contributed by atoms with E-state index in [2.05, 4.69) is 0 Å². The molecular formula is C24H25FN2O4. The second-order valence-corrected chi connectivity index (χ2v) is 7.87. The lowest BCUT2D eigenvalue weighted by molar-refractivity contribution is 0.0722. The standard InChI is InChI=1S/C24H25FN2O4/c1-4-30-17-10-11-18-19(14-17)31-23-20(22(18)28)21(15-6-8-16(25)9-7-15)27(24(23)29)13-5-12-26(2)3/h6-11,14,21H,4-5,12-13H2,1-3H3. The minimum Gasteiger partial charge on any atom is -0.494 e. The van der Waals surface area contributed by atoms with Gasteiger partial charge in [0.25, 0.3) is 5.91 Å². The summed E-state index contributed by atoms with van der Waals surface area (Å²) in [6, 6.07) is 10.3. The van der Waals surface area contributed by atoms with Crippen LogP contribution >= 0.6 is 0 Å². The number of rotatable bonds is 7. The van der Waals surface area contributed by atoms with Crippen LogP contribution < -0.4 is 10.2 Å². The number of hydrogen-bond donors (Lipinski definition) is 0. The summed E-state index contributed by atoms with van der Waals surface area (Å²) in [6.07, 6.45) is 0.729. The highest BCUT2D eigenvalue weighted by Crippen LogP contribution is 2.38. The molecule has 1 aliphatic heterocycles. The van der Waals surface area contributed by atoms with E-state index in [4.69, 9.17) is 9.15 Å². The average Bonchev–Trinajstić information content (AvgIpc) is 3.01. The minimum absolute atomic E-state index is 0.0466. The highest BCUT2D eigenvalue weighted by atomic mass is 19.1. The van der Waals surface area contributed by atoms with Gasteiger partial charge in [-0.25, -0.2) is 4.39 Å². The summed E-state index contributed by atoms with van der Waals surface area (Å²) in [5.74, 6) is -0.0860. The Balaban J connectivity index is 1.85. The Morgan fingerprint density at radius 3 is 2.55 bits per heavy atom. The molecule has 7 heteroatoms. The van der Waals surface area contributed by atoms with Crippen molar-refractivity contribution in [3.8, 4) is 5.75 Å². The van der Waals surface area contributed by atoms with Crippen molar-refractivity contribution < 1.29 is 18.3 Å². The van der Waals surface area contributed by atoms with Gasteiger partial charge >= 0.3 is 0 Å². The maximum Gasteiger partial charge on any atom is 0.290 e. The number of fused-ring (bicyclic) bond motifs is 2. The predicted octanol–water partition coefficient (Wildman–Crippen LogP) is 3.83. The highest BCUT2D eigenvalue weighted by molar-refractivity contribution is 5.99. The number of carbonyl (C=O) groups excluding carboxylic acids is 1. The molecule has 0 saturated heterocycles. The fourth-order valence-electron chi connectivity index (χ4n) is 4.03. The molecule has 31 heavy (non-hydrogen) atoms. The Hall–Kier alpha value is -3.19. The predicted molar refractivity (Wildman–Crippen MR) is 116 cm³/mol. The summed E-state index contributed by atoms with van der Waals surface area (Å²) in [4.78, 5) is 30.4. The Morgan fingerprint density at radius 1 is 1.13 bits per heavy atom. The molecular weight excluding hydrogens is 399 g/mol. The van der Waals surface area contributed by atoms with E-state index in [1.807, 2.05) is 25.9 Å². The molecule has 1 aliphatic rings. The van der Waals surface area contributed by atoms with Gasteiger partial charge in [-0.15, -0.1) is 0 Å². The number of benzene rings is 2. The van der Waals surface area contributed by atoms with E-state index in [0.717, 1.165) is 13.0 Å². The van der Waals surface area contributed by atoms with Crippen molar-refractivity contribution in [2.75, 3.05) is 33.8 Å². The van der Waals surface area contributed by atoms with Crippen molar-refractivity contribution in [2.45, 2.75) is 19.4 Å². The fourth-order valence-corrected chi connectivity index (χ4v) is 4.03. The van der Waals surface area contributed by atoms with Crippen molar-refractivity contribution in [3.63, 3.8) is 0 Å². The second kappa shape index (κ2) is 8.51. The molecule has 2 heterocycles. The van der Waals surface area contributed by atoms with E-state index in [1.54, 1.807) is 35.2 Å². The monoisotopic (exact) mass is 424 g/mol. The summed E-state index contributed by atoms with van der Waals surface area (Å²) in [7, 11) is 3.93. The van der Waals surface area contributed by atoms with Crippen LogP contribution in [0.5, 0.6) is 5.75 Å². The lowest BCUT2D eigenvalue weighted by atomic mass is 9.98. The van der Waals surface area contributed by atoms with Gasteiger partial charge in [-0.2, -0.15) is 0 Å². The van der Waals surface area contributed by atoms with E-state index in [1.165, 1.54) is 12.1 Å². The van der Waals surface area contributed by atoms with Gasteiger partial charge in [-0.1, -0.05) is 12.1 Å². The van der Waals surface area contributed by atoms with Gasteiger partial charge in [0.05, 0.1) is 23.6 Å². The van der Waals surface area contributed by atoms with Crippen LogP contribution in [-0.2, 0) is 0 Å². The van der Waals surface area contributed by atoms with E-state index in [-0.39, 0.29) is 22.9 Å². The lowest BCUT2D eigenvalue weighted by Crippen LogP contribution is -2.32. The molecule has 0 fully saturated rings. The summed E-state index contributed by atoms with van der Waals surface area (Å²) in [6.45, 7) is 3.58. The molecule has 3 aromatic rings. The number of carbonyl (C=O) groups is 1. The molecule has 1 amide bonds. The second-order valence-electron chi connectivity index (χ2n) is 7.87. The zero-order valence-electron chi connectivity index (χ0n) is 17.9. The van der Waals surface area contributed by atoms with E-state index in [9.17, 15) is 14.0 Å². The largest absolute Gasteiger partial charge is 0.494 e. The van der Waals surface area contributed by atoms with Crippen LogP contribution in [0.2, 0.25) is 0 Å². The third-order valence-electron chi connectivity index (χ3n) is 5.44. The molecule has 1 atom stereocenters. The smallest absolute Gasteiger partial charge is 0.290 e. The summed E-state index contributed by atoms with van der Waals surface area (Å²) >= 11 is 0. The minimum atomic E-state index is -0.613. The van der Waals surface area contributed by atoms with Crippen LogP contribution in [0, 0.1) is 5.82 Å². The van der Waals surface area contributed by atoms with Gasteiger partial charge in [0.2, 0.25) is 5.76 Å². The van der Waals surface area contributed by atoms with Gasteiger partial charge in [-0.3, -0.25) is 9.59 Å². The number of nitrogens with zero attached hydrogens (tertiary/aromatic N) is 2. The Kier molecular flexibility index (Phi) is 5.78. The topological polar surface area (TPSA) is 63.0 Å². The first-order valence-electron chi connectivity index (χ1n) is 10.4. The van der Waals surface area contributed by atoms with E-state index >= 15 is 0 Å². The van der Waals surface area contributed by atoms with Crippen molar-refractivity contribution in [1.29, 1.82) is 0 Å². The normalized spacial score (nSPS) is 15.7. The molecule has 4 rings (SSSR count). The Morgan fingerprint density at radius 2 is 1.87 bits per heavy atom. The van der Waals surface area contributed by atoms with Gasteiger partial charge < -0.3 is 19.0 Å². The Labute approximate surface area is 179 Å². The van der Waals surface area contributed by atoms with Crippen LogP contribution in [0.4, 0.5) is 4.39 Å². The first kappa shape index (κ1) is 21.1. The molecule has 0 bridgehead atoms. The molecule has 0 spiro atoms. The maximum absolute atomic E-state index is 13.5. The van der Waals surface area contributed by atoms with Crippen molar-refractivity contribution in [1.82, 2.24) is 9.80 Å². The average molecular weight is 424 g/mol. The zero-order valence-corrected chi connectivity index (χ0v) is 17.9. The first-order chi connectivity index (χ1) is 14.9. The molecule has 6 nitrogen and oxygen atoms in total. The third-order valence-corrected chi connectivity index (χ3v) is 5.44. The van der Waals surface area contributed by atoms with Crippen molar-refractivity contribution in [2.24, 2.45) is 0 Å². The van der Waals surface area contributed by atoms with Crippen molar-refractivity contribution in [3.05, 3.63) is 75.4 Å². The van der Waals surface area contributed by atoms with Gasteiger partial charge in [-0.05, 0) is 63.8 Å². The first-order valence-corrected chi connectivity index (χ1v) is 10.4. The Bertz CT molecular complexity index is 1170. The van der Waals surface area contributed by atoms with E-state index in [0.29, 0.717) is 41.0 Å². The molecule has 0 radical (unpaired) electrons. The van der Waals surface area contributed by atoms with Gasteiger partial charge in [0.1, 0.15) is 17.1 Å². The number of amides is 1. The SMILES string of the molecule is CCOc1ccc2c(=O)c3c(oc2c1)C(=O)N(CCCN(C)C)C3c1ccc(F)cc1. The summed E-state index contributed by atoms with van der Waals surface area (Å²) in [5, 5.41) is 0.386. The molecule has 0 aliphatic carbocycles. The number of ether oxygens (including phenoxy) is 1. The maximum atomic E-state index is 13.5. The van der Waals surface area contributed by atoms with Crippen LogP contribution in [-0.4, -0.2) is 49.5 Å². The molecule has 2 aromatic carbocycles. The van der Waals surface area contributed by atoms with Crippen LogP contribution in [0.1, 0.15) is 41.1 Å². The molecule has 0 saturated carbocycles. The zero-order chi connectivity index (χ0) is 22.1. The van der Waals surface area contributed by atoms with Crippen LogP contribution in [0.3, 0.4) is 0 Å². The molecule has 162 valence electrons. The highest BCUT2D eigenvalue weighted by Gasteiger charge is 2.42. The van der Waals surface area contributed by atoms with Crippen LogP contribution in [0.25, 0.3) is 11.0 Å². The number of halogens is 1. The summed E-state index contributed by atoms with van der Waals surface area (Å²) in [5.41, 5.74) is 1.04. The fraction of sp³-hybridized carbons (Fsp3) is 0.333. The van der Waals surface area contributed by atoms with Crippen LogP contribution in [0.15, 0.2) is 51.7 Å². The van der Waals surface area contributed by atoms with Gasteiger partial charge in [0, 0.05) is 12.6 Å². The van der Waals surface area contributed by atoms with Crippen molar-refractivity contribution >= 4 is 16.9 Å². The third kappa shape index (κ3) is 3.93. The quantitative estimate of drug-likeness (QED) is 0.577.